The fourth-order valence-corrected chi connectivity index (χ4v) is 3.64. The van der Waals surface area contributed by atoms with Crippen molar-refractivity contribution >= 4 is 29.3 Å². The summed E-state index contributed by atoms with van der Waals surface area (Å²) < 4.78 is 2.13. The van der Waals surface area contributed by atoms with Crippen molar-refractivity contribution in [3.63, 3.8) is 0 Å². The lowest BCUT2D eigenvalue weighted by atomic mass is 10.2. The van der Waals surface area contributed by atoms with Gasteiger partial charge in [0, 0.05) is 23.2 Å². The van der Waals surface area contributed by atoms with Gasteiger partial charge >= 0.3 is 0 Å². The van der Waals surface area contributed by atoms with Gasteiger partial charge in [-0.3, -0.25) is 4.79 Å². The van der Waals surface area contributed by atoms with Crippen LogP contribution in [0, 0.1) is 0 Å². The minimum Gasteiger partial charge on any atom is -0.353 e. The highest BCUT2D eigenvalue weighted by molar-refractivity contribution is 7.99. The van der Waals surface area contributed by atoms with Crippen LogP contribution in [0.4, 0.5) is 0 Å². The molecular weight excluding hydrogens is 368 g/mol. The van der Waals surface area contributed by atoms with E-state index in [0.29, 0.717) is 16.8 Å². The van der Waals surface area contributed by atoms with Gasteiger partial charge in [0.15, 0.2) is 11.0 Å². The first-order valence-corrected chi connectivity index (χ1v) is 10.6. The van der Waals surface area contributed by atoms with E-state index in [0.717, 1.165) is 42.4 Å². The number of aromatic nitrogens is 3. The maximum absolute atomic E-state index is 12.0. The van der Waals surface area contributed by atoms with Crippen LogP contribution >= 0.6 is 23.4 Å². The molecule has 0 bridgehead atoms. The Balaban J connectivity index is 1.71. The molecule has 7 heteroatoms. The minimum absolute atomic E-state index is 0.0751. The van der Waals surface area contributed by atoms with Crippen LogP contribution in [0.1, 0.15) is 45.4 Å². The van der Waals surface area contributed by atoms with Gasteiger partial charge in [-0.05, 0) is 43.5 Å². The zero-order valence-electron chi connectivity index (χ0n) is 15.1. The van der Waals surface area contributed by atoms with Gasteiger partial charge in [0.1, 0.15) is 0 Å². The third kappa shape index (κ3) is 5.48. The number of unbranched alkanes of at least 4 members (excludes halogenated alkanes) is 3. The van der Waals surface area contributed by atoms with Crippen LogP contribution in [0.3, 0.4) is 0 Å². The fraction of sp³-hybridized carbons (Fsp3) is 0.526. The standard InChI is InChI=1S/C19H25ClN4OS/c1-2-3-4-5-12-24-18(14-6-8-15(20)9-7-14)22-23-19(24)26-13-17(25)21-16-10-11-16/h6-9,16H,2-5,10-13H2,1H3,(H,21,25). The second-order valence-corrected chi connectivity index (χ2v) is 8.03. The van der Waals surface area contributed by atoms with Gasteiger partial charge in [-0.25, -0.2) is 0 Å². The topological polar surface area (TPSA) is 59.8 Å². The molecule has 0 saturated heterocycles. The molecule has 140 valence electrons. The number of nitrogens with one attached hydrogen (secondary N) is 1. The molecule has 1 N–H and O–H groups in total. The lowest BCUT2D eigenvalue weighted by molar-refractivity contribution is -0.118. The zero-order chi connectivity index (χ0) is 18.4. The SMILES string of the molecule is CCCCCCn1c(SCC(=O)NC2CC2)nnc1-c1ccc(Cl)cc1. The van der Waals surface area contributed by atoms with Crippen LogP contribution in [-0.2, 0) is 11.3 Å². The van der Waals surface area contributed by atoms with Crippen LogP contribution in [0.2, 0.25) is 5.02 Å². The minimum atomic E-state index is 0.0751. The average molecular weight is 393 g/mol. The molecule has 1 saturated carbocycles. The van der Waals surface area contributed by atoms with E-state index in [-0.39, 0.29) is 5.91 Å². The number of carbonyl (C=O) groups is 1. The van der Waals surface area contributed by atoms with E-state index >= 15 is 0 Å². The second kappa shape index (κ2) is 9.42. The number of thioether (sulfide) groups is 1. The van der Waals surface area contributed by atoms with Crippen molar-refractivity contribution in [1.29, 1.82) is 0 Å². The summed E-state index contributed by atoms with van der Waals surface area (Å²) >= 11 is 7.46. The predicted octanol–water partition coefficient (Wildman–Crippen LogP) is 4.55. The van der Waals surface area contributed by atoms with E-state index in [4.69, 9.17) is 11.6 Å². The number of halogens is 1. The van der Waals surface area contributed by atoms with Crippen molar-refractivity contribution in [2.45, 2.75) is 63.2 Å². The van der Waals surface area contributed by atoms with E-state index in [1.807, 2.05) is 24.3 Å². The zero-order valence-corrected chi connectivity index (χ0v) is 16.7. The molecule has 2 aromatic rings. The third-order valence-electron chi connectivity index (χ3n) is 4.33. The van der Waals surface area contributed by atoms with Crippen LogP contribution in [-0.4, -0.2) is 32.5 Å². The third-order valence-corrected chi connectivity index (χ3v) is 5.55. The first kappa shape index (κ1) is 19.2. The van der Waals surface area contributed by atoms with Crippen molar-refractivity contribution in [2.75, 3.05) is 5.75 Å². The molecule has 0 radical (unpaired) electrons. The quantitative estimate of drug-likeness (QED) is 0.476. The molecule has 26 heavy (non-hydrogen) atoms. The van der Waals surface area contributed by atoms with E-state index in [1.54, 1.807) is 0 Å². The molecule has 0 atom stereocenters. The number of hydrogen-bond acceptors (Lipinski definition) is 4. The van der Waals surface area contributed by atoms with Gasteiger partial charge < -0.3 is 9.88 Å². The van der Waals surface area contributed by atoms with Crippen LogP contribution in [0.25, 0.3) is 11.4 Å². The molecule has 1 aromatic carbocycles. The van der Waals surface area contributed by atoms with Crippen molar-refractivity contribution in [3.05, 3.63) is 29.3 Å². The molecule has 1 aliphatic carbocycles. The van der Waals surface area contributed by atoms with Gasteiger partial charge in [-0.1, -0.05) is 49.5 Å². The summed E-state index contributed by atoms with van der Waals surface area (Å²) in [5.41, 5.74) is 0.992. The van der Waals surface area contributed by atoms with Crippen LogP contribution in [0.5, 0.6) is 0 Å². The largest absolute Gasteiger partial charge is 0.353 e. The number of benzene rings is 1. The molecule has 3 rings (SSSR count). The molecule has 5 nitrogen and oxygen atoms in total. The molecule has 1 fully saturated rings. The molecule has 0 aliphatic heterocycles. The summed E-state index contributed by atoms with van der Waals surface area (Å²) in [5.74, 6) is 1.29. The molecule has 0 unspecified atom stereocenters. The highest BCUT2D eigenvalue weighted by Gasteiger charge is 2.23. The summed E-state index contributed by atoms with van der Waals surface area (Å²) in [7, 11) is 0. The normalized spacial score (nSPS) is 13.8. The van der Waals surface area contributed by atoms with Gasteiger partial charge in [-0.15, -0.1) is 10.2 Å². The number of nitrogens with zero attached hydrogens (tertiary/aromatic N) is 3. The molecule has 1 amide bonds. The van der Waals surface area contributed by atoms with Gasteiger partial charge in [-0.2, -0.15) is 0 Å². The summed E-state index contributed by atoms with van der Waals surface area (Å²) in [6.07, 6.45) is 6.89. The Kier molecular flexibility index (Phi) is 6.97. The molecular formula is C19H25ClN4OS. The molecule has 0 spiro atoms. The molecule has 1 aromatic heterocycles. The van der Waals surface area contributed by atoms with E-state index in [2.05, 4.69) is 27.0 Å². The first-order chi connectivity index (χ1) is 12.7. The van der Waals surface area contributed by atoms with Crippen molar-refractivity contribution < 1.29 is 4.79 Å². The lowest BCUT2D eigenvalue weighted by Crippen LogP contribution is -2.27. The maximum Gasteiger partial charge on any atom is 0.230 e. The predicted molar refractivity (Wildman–Crippen MR) is 106 cm³/mol. The van der Waals surface area contributed by atoms with Crippen molar-refractivity contribution in [3.8, 4) is 11.4 Å². The fourth-order valence-electron chi connectivity index (χ4n) is 2.73. The van der Waals surface area contributed by atoms with E-state index < -0.39 is 0 Å². The first-order valence-electron chi connectivity index (χ1n) is 9.28. The van der Waals surface area contributed by atoms with Crippen molar-refractivity contribution in [1.82, 2.24) is 20.1 Å². The Bertz CT molecular complexity index is 728. The van der Waals surface area contributed by atoms with Gasteiger partial charge in [0.25, 0.3) is 0 Å². The highest BCUT2D eigenvalue weighted by Crippen LogP contribution is 2.26. The smallest absolute Gasteiger partial charge is 0.230 e. The van der Waals surface area contributed by atoms with Gasteiger partial charge in [0.2, 0.25) is 5.91 Å². The summed E-state index contributed by atoms with van der Waals surface area (Å²) in [5, 5.41) is 13.2. The average Bonchev–Trinajstić information content (AvgIpc) is 3.36. The Morgan fingerprint density at radius 3 is 2.69 bits per heavy atom. The number of hydrogen-bond donors (Lipinski definition) is 1. The Morgan fingerprint density at radius 1 is 1.23 bits per heavy atom. The van der Waals surface area contributed by atoms with Crippen LogP contribution < -0.4 is 5.32 Å². The summed E-state index contributed by atoms with van der Waals surface area (Å²) in [6.45, 7) is 3.06. The lowest BCUT2D eigenvalue weighted by Gasteiger charge is -2.10. The number of carbonyl (C=O) groups excluding carboxylic acids is 1. The van der Waals surface area contributed by atoms with E-state index in [1.165, 1.54) is 31.0 Å². The monoisotopic (exact) mass is 392 g/mol. The van der Waals surface area contributed by atoms with E-state index in [9.17, 15) is 4.79 Å². The molecule has 1 aliphatic rings. The summed E-state index contributed by atoms with van der Waals surface area (Å²) in [4.78, 5) is 12.0. The highest BCUT2D eigenvalue weighted by atomic mass is 35.5. The maximum atomic E-state index is 12.0. The number of rotatable bonds is 10. The summed E-state index contributed by atoms with van der Waals surface area (Å²) in [6, 6.07) is 8.04. The Morgan fingerprint density at radius 2 is 2.00 bits per heavy atom. The molecule has 1 heterocycles. The van der Waals surface area contributed by atoms with Crippen LogP contribution in [0.15, 0.2) is 29.4 Å². The van der Waals surface area contributed by atoms with Crippen molar-refractivity contribution in [2.24, 2.45) is 0 Å². The Hall–Kier alpha value is -1.53. The van der Waals surface area contributed by atoms with Gasteiger partial charge in [0.05, 0.1) is 5.75 Å². The Labute approximate surface area is 163 Å². The second-order valence-electron chi connectivity index (χ2n) is 6.66. The number of amides is 1.